The van der Waals surface area contributed by atoms with Gasteiger partial charge in [0.15, 0.2) is 0 Å². The summed E-state index contributed by atoms with van der Waals surface area (Å²) < 4.78 is 0. The normalized spacial score (nSPS) is 24.8. The first-order chi connectivity index (χ1) is 6.36. The van der Waals surface area contributed by atoms with Crippen molar-refractivity contribution in [2.45, 2.75) is 25.4 Å². The Hall–Kier alpha value is 0.01000. The topological polar surface area (TPSA) is 12.0 Å². The van der Waals surface area contributed by atoms with Gasteiger partial charge in [-0.3, -0.25) is 0 Å². The van der Waals surface area contributed by atoms with Crippen molar-refractivity contribution in [1.29, 1.82) is 0 Å². The molecule has 1 aliphatic rings. The van der Waals surface area contributed by atoms with Crippen molar-refractivity contribution in [2.75, 3.05) is 11.5 Å². The Bertz CT molecular complexity index is 239. The summed E-state index contributed by atoms with van der Waals surface area (Å²) in [6, 6.07) is 5.61. The monoisotopic (exact) mass is 213 g/mol. The molecular formula is C10H15NS2. The van der Waals surface area contributed by atoms with Crippen LogP contribution in [0.25, 0.3) is 0 Å². The van der Waals surface area contributed by atoms with Crippen molar-refractivity contribution in [1.82, 2.24) is 5.32 Å². The second-order valence-electron chi connectivity index (χ2n) is 3.46. The molecule has 0 saturated carbocycles. The van der Waals surface area contributed by atoms with Crippen LogP contribution in [0, 0.1) is 0 Å². The number of nitrogens with one attached hydrogen (secondary N) is 1. The summed E-state index contributed by atoms with van der Waals surface area (Å²) in [5, 5.41) is 5.82. The second-order valence-corrected chi connectivity index (χ2v) is 5.59. The van der Waals surface area contributed by atoms with Crippen LogP contribution in [0.5, 0.6) is 0 Å². The van der Waals surface area contributed by atoms with E-state index in [0.29, 0.717) is 6.04 Å². The first kappa shape index (κ1) is 9.56. The first-order valence-electron chi connectivity index (χ1n) is 4.73. The maximum absolute atomic E-state index is 3.67. The van der Waals surface area contributed by atoms with Crippen LogP contribution in [-0.2, 0) is 0 Å². The lowest BCUT2D eigenvalue weighted by molar-refractivity contribution is 0.491. The minimum Gasteiger partial charge on any atom is -0.306 e. The highest BCUT2D eigenvalue weighted by molar-refractivity contribution is 7.99. The highest BCUT2D eigenvalue weighted by atomic mass is 32.2. The smallest absolute Gasteiger partial charge is 0.0388 e. The molecule has 0 amide bonds. The minimum absolute atomic E-state index is 0.531. The molecule has 1 aliphatic heterocycles. The van der Waals surface area contributed by atoms with Gasteiger partial charge < -0.3 is 5.32 Å². The SMILES string of the molecule is C[C@H](NC1CCSC1)c1cccs1. The lowest BCUT2D eigenvalue weighted by Crippen LogP contribution is -2.30. The Kier molecular flexibility index (Phi) is 3.30. The van der Waals surface area contributed by atoms with Crippen LogP contribution in [0.2, 0.25) is 0 Å². The Balaban J connectivity index is 1.87. The molecular weight excluding hydrogens is 198 g/mol. The molecule has 0 aromatic carbocycles. The first-order valence-corrected chi connectivity index (χ1v) is 6.77. The molecule has 1 saturated heterocycles. The summed E-state index contributed by atoms with van der Waals surface area (Å²) in [4.78, 5) is 1.46. The maximum atomic E-state index is 3.67. The van der Waals surface area contributed by atoms with Crippen LogP contribution in [0.4, 0.5) is 0 Å². The molecule has 0 aliphatic carbocycles. The number of hydrogen-bond donors (Lipinski definition) is 1. The van der Waals surface area contributed by atoms with E-state index in [1.54, 1.807) is 0 Å². The van der Waals surface area contributed by atoms with Crippen molar-refractivity contribution in [3.63, 3.8) is 0 Å². The van der Waals surface area contributed by atoms with E-state index in [-0.39, 0.29) is 0 Å². The van der Waals surface area contributed by atoms with Gasteiger partial charge in [0.1, 0.15) is 0 Å². The number of thioether (sulfide) groups is 1. The van der Waals surface area contributed by atoms with Gasteiger partial charge in [-0.2, -0.15) is 11.8 Å². The van der Waals surface area contributed by atoms with Gasteiger partial charge >= 0.3 is 0 Å². The zero-order valence-electron chi connectivity index (χ0n) is 7.82. The molecule has 2 rings (SSSR count). The van der Waals surface area contributed by atoms with Gasteiger partial charge in [0.2, 0.25) is 0 Å². The molecule has 0 bridgehead atoms. The molecule has 2 heterocycles. The highest BCUT2D eigenvalue weighted by Crippen LogP contribution is 2.23. The van der Waals surface area contributed by atoms with Crippen molar-refractivity contribution in [3.05, 3.63) is 22.4 Å². The number of hydrogen-bond acceptors (Lipinski definition) is 3. The Morgan fingerprint density at radius 2 is 2.54 bits per heavy atom. The molecule has 0 radical (unpaired) electrons. The highest BCUT2D eigenvalue weighted by Gasteiger charge is 2.17. The molecule has 2 atom stereocenters. The van der Waals surface area contributed by atoms with E-state index in [4.69, 9.17) is 0 Å². The third-order valence-electron chi connectivity index (χ3n) is 2.39. The van der Waals surface area contributed by atoms with Crippen LogP contribution in [-0.4, -0.2) is 17.5 Å². The molecule has 1 N–H and O–H groups in total. The summed E-state index contributed by atoms with van der Waals surface area (Å²) in [6.07, 6.45) is 1.33. The van der Waals surface area contributed by atoms with Crippen molar-refractivity contribution in [2.24, 2.45) is 0 Å². The minimum atomic E-state index is 0.531. The summed E-state index contributed by atoms with van der Waals surface area (Å²) >= 11 is 3.91. The van der Waals surface area contributed by atoms with Crippen molar-refractivity contribution >= 4 is 23.1 Å². The summed E-state index contributed by atoms with van der Waals surface area (Å²) in [5.74, 6) is 2.62. The van der Waals surface area contributed by atoms with E-state index in [9.17, 15) is 0 Å². The molecule has 1 aromatic heterocycles. The van der Waals surface area contributed by atoms with Gasteiger partial charge in [0, 0.05) is 22.7 Å². The van der Waals surface area contributed by atoms with Gasteiger partial charge in [0.05, 0.1) is 0 Å². The molecule has 0 spiro atoms. The van der Waals surface area contributed by atoms with Crippen LogP contribution < -0.4 is 5.32 Å². The predicted octanol–water partition coefficient (Wildman–Crippen LogP) is 2.90. The molecule has 13 heavy (non-hydrogen) atoms. The third-order valence-corrected chi connectivity index (χ3v) is 4.60. The maximum Gasteiger partial charge on any atom is 0.0388 e. The van der Waals surface area contributed by atoms with E-state index >= 15 is 0 Å². The zero-order valence-corrected chi connectivity index (χ0v) is 9.46. The van der Waals surface area contributed by atoms with Crippen LogP contribution in [0.1, 0.15) is 24.3 Å². The van der Waals surface area contributed by atoms with Crippen LogP contribution >= 0.6 is 23.1 Å². The lowest BCUT2D eigenvalue weighted by atomic mass is 10.2. The quantitative estimate of drug-likeness (QED) is 0.828. The van der Waals surface area contributed by atoms with E-state index < -0.39 is 0 Å². The van der Waals surface area contributed by atoms with E-state index in [2.05, 4.69) is 41.5 Å². The predicted molar refractivity (Wildman–Crippen MR) is 61.6 cm³/mol. The fourth-order valence-corrected chi connectivity index (χ4v) is 3.55. The summed E-state index contributed by atoms with van der Waals surface area (Å²) in [7, 11) is 0. The van der Waals surface area contributed by atoms with Crippen molar-refractivity contribution in [3.8, 4) is 0 Å². The van der Waals surface area contributed by atoms with Gasteiger partial charge in [-0.05, 0) is 30.5 Å². The average molecular weight is 213 g/mol. The van der Waals surface area contributed by atoms with Crippen LogP contribution in [0.15, 0.2) is 17.5 Å². The fourth-order valence-electron chi connectivity index (χ4n) is 1.64. The van der Waals surface area contributed by atoms with E-state index in [1.165, 1.54) is 22.8 Å². The Morgan fingerprint density at radius 1 is 1.62 bits per heavy atom. The summed E-state index contributed by atoms with van der Waals surface area (Å²) in [6.45, 7) is 2.26. The number of thiophene rings is 1. The lowest BCUT2D eigenvalue weighted by Gasteiger charge is -2.17. The van der Waals surface area contributed by atoms with Gasteiger partial charge in [-0.25, -0.2) is 0 Å². The molecule has 1 fully saturated rings. The average Bonchev–Trinajstić information content (AvgIpc) is 2.74. The fraction of sp³-hybridized carbons (Fsp3) is 0.600. The molecule has 1 unspecified atom stereocenters. The standard InChI is InChI=1S/C10H15NS2/c1-8(10-3-2-5-13-10)11-9-4-6-12-7-9/h2-3,5,8-9,11H,4,6-7H2,1H3/t8-,9?/m0/s1. The molecule has 3 heteroatoms. The largest absolute Gasteiger partial charge is 0.306 e. The van der Waals surface area contributed by atoms with Gasteiger partial charge in [-0.1, -0.05) is 6.07 Å². The second kappa shape index (κ2) is 4.49. The molecule has 1 aromatic rings. The Morgan fingerprint density at radius 3 is 3.15 bits per heavy atom. The van der Waals surface area contributed by atoms with E-state index in [1.807, 2.05) is 11.3 Å². The summed E-state index contributed by atoms with van der Waals surface area (Å²) in [5.41, 5.74) is 0. The Labute approximate surface area is 87.9 Å². The van der Waals surface area contributed by atoms with Crippen LogP contribution in [0.3, 0.4) is 0 Å². The number of rotatable bonds is 3. The van der Waals surface area contributed by atoms with E-state index in [0.717, 1.165) is 6.04 Å². The van der Waals surface area contributed by atoms with Crippen molar-refractivity contribution < 1.29 is 0 Å². The third kappa shape index (κ3) is 2.48. The van der Waals surface area contributed by atoms with Gasteiger partial charge in [0.25, 0.3) is 0 Å². The molecule has 72 valence electrons. The van der Waals surface area contributed by atoms with Gasteiger partial charge in [-0.15, -0.1) is 11.3 Å². The zero-order chi connectivity index (χ0) is 9.10. The molecule has 1 nitrogen and oxygen atoms in total.